The number of amides is 2. The Balaban J connectivity index is 0.00000312. The van der Waals surface area contributed by atoms with Gasteiger partial charge in [-0.15, -0.1) is 12.4 Å². The molecule has 0 fully saturated rings. The lowest BCUT2D eigenvalue weighted by molar-refractivity contribution is -0.131. The maximum atomic E-state index is 11.9. The highest BCUT2D eigenvalue weighted by molar-refractivity contribution is 6.02. The first-order valence-electron chi connectivity index (χ1n) is 7.56. The Bertz CT molecular complexity index is 676. The van der Waals surface area contributed by atoms with Crippen molar-refractivity contribution in [2.45, 2.75) is 0 Å². The zero-order valence-corrected chi connectivity index (χ0v) is 15.0. The minimum absolute atomic E-state index is 0. The predicted octanol–water partition coefficient (Wildman–Crippen LogP) is 2.01. The fourth-order valence-electron chi connectivity index (χ4n) is 1.92. The van der Waals surface area contributed by atoms with Gasteiger partial charge in [0.1, 0.15) is 5.75 Å². The van der Waals surface area contributed by atoms with Gasteiger partial charge in [0.15, 0.2) is 12.4 Å². The lowest BCUT2D eigenvalue weighted by atomic mass is 10.3. The van der Waals surface area contributed by atoms with E-state index in [1.165, 1.54) is 6.26 Å². The van der Waals surface area contributed by atoms with Crippen molar-refractivity contribution in [3.8, 4) is 5.75 Å². The molecule has 2 aromatic rings. The van der Waals surface area contributed by atoms with Crippen LogP contribution < -0.4 is 15.4 Å². The molecule has 0 aliphatic heterocycles. The smallest absolute Gasteiger partial charge is 0.291 e. The average Bonchev–Trinajstić information content (AvgIpc) is 3.12. The first-order valence-corrected chi connectivity index (χ1v) is 7.56. The topological polar surface area (TPSA) is 83.8 Å². The Morgan fingerprint density at radius 3 is 2.72 bits per heavy atom. The molecule has 0 radical (unpaired) electrons. The summed E-state index contributed by atoms with van der Waals surface area (Å²) in [5.74, 6) is 0.264. The van der Waals surface area contributed by atoms with Crippen molar-refractivity contribution in [1.82, 2.24) is 10.2 Å². The van der Waals surface area contributed by atoms with Gasteiger partial charge in [0.05, 0.1) is 6.26 Å². The predicted molar refractivity (Wildman–Crippen MR) is 97.4 cm³/mol. The molecule has 0 atom stereocenters. The molecule has 1 aromatic heterocycles. The Kier molecular flexibility index (Phi) is 8.52. The molecule has 8 heteroatoms. The molecule has 1 aromatic carbocycles. The van der Waals surface area contributed by atoms with Crippen LogP contribution in [0.1, 0.15) is 10.6 Å². The highest BCUT2D eigenvalue weighted by Crippen LogP contribution is 2.18. The number of carbonyl (C=O) groups is 2. The molecule has 2 N–H and O–H groups in total. The van der Waals surface area contributed by atoms with Crippen LogP contribution >= 0.6 is 12.4 Å². The molecule has 136 valence electrons. The number of carbonyl (C=O) groups excluding carboxylic acids is 2. The Morgan fingerprint density at radius 1 is 1.24 bits per heavy atom. The molecule has 0 bridgehead atoms. The van der Waals surface area contributed by atoms with Crippen molar-refractivity contribution in [2.24, 2.45) is 0 Å². The fourth-order valence-corrected chi connectivity index (χ4v) is 1.92. The van der Waals surface area contributed by atoms with Crippen LogP contribution in [0.25, 0.3) is 0 Å². The summed E-state index contributed by atoms with van der Waals surface area (Å²) in [4.78, 5) is 25.5. The number of hydrogen-bond acceptors (Lipinski definition) is 5. The summed E-state index contributed by atoms with van der Waals surface area (Å²) in [6.45, 7) is 1.27. The molecule has 0 aliphatic carbocycles. The quantitative estimate of drug-likeness (QED) is 0.745. The van der Waals surface area contributed by atoms with Crippen molar-refractivity contribution >= 4 is 29.9 Å². The van der Waals surface area contributed by atoms with E-state index in [2.05, 4.69) is 10.6 Å². The largest absolute Gasteiger partial charge is 0.484 e. The fraction of sp³-hybridized carbons (Fsp3) is 0.294. The van der Waals surface area contributed by atoms with Gasteiger partial charge >= 0.3 is 0 Å². The molecule has 0 spiro atoms. The number of ether oxygens (including phenoxy) is 1. The van der Waals surface area contributed by atoms with Crippen LogP contribution in [0.5, 0.6) is 5.75 Å². The molecule has 1 heterocycles. The molecule has 2 amide bonds. The van der Waals surface area contributed by atoms with Crippen LogP contribution in [-0.2, 0) is 4.79 Å². The van der Waals surface area contributed by atoms with Crippen LogP contribution in [0.15, 0.2) is 47.1 Å². The number of benzene rings is 1. The maximum absolute atomic E-state index is 11.9. The Morgan fingerprint density at radius 2 is 2.04 bits per heavy atom. The van der Waals surface area contributed by atoms with Gasteiger partial charge in [0.25, 0.3) is 11.8 Å². The van der Waals surface area contributed by atoms with Gasteiger partial charge in [0.2, 0.25) is 0 Å². The number of anilines is 1. The van der Waals surface area contributed by atoms with E-state index in [0.717, 1.165) is 6.54 Å². The molecule has 7 nitrogen and oxygen atoms in total. The summed E-state index contributed by atoms with van der Waals surface area (Å²) in [5, 5.41) is 5.69. The van der Waals surface area contributed by atoms with Gasteiger partial charge in [-0.25, -0.2) is 0 Å². The summed E-state index contributed by atoms with van der Waals surface area (Å²) < 4.78 is 10.5. The van der Waals surface area contributed by atoms with Crippen molar-refractivity contribution in [3.05, 3.63) is 48.4 Å². The minimum Gasteiger partial charge on any atom is -0.484 e. The molecule has 0 unspecified atom stereocenters. The van der Waals surface area contributed by atoms with E-state index in [0.29, 0.717) is 18.0 Å². The molecule has 2 rings (SSSR count). The van der Waals surface area contributed by atoms with Crippen molar-refractivity contribution in [2.75, 3.05) is 39.1 Å². The van der Waals surface area contributed by atoms with E-state index in [-0.39, 0.29) is 36.6 Å². The lowest BCUT2D eigenvalue weighted by Gasteiger charge is -2.17. The zero-order valence-electron chi connectivity index (χ0n) is 14.2. The standard InChI is InChI=1S/C17H21N3O4.ClH/c1-18-8-9-20(2)16(21)12-24-14-6-3-5-13(11-14)19-17(22)15-7-4-10-23-15;/h3-7,10-11,18H,8-9,12H2,1-2H3,(H,19,22);1H. The zero-order chi connectivity index (χ0) is 17.4. The summed E-state index contributed by atoms with van der Waals surface area (Å²) >= 11 is 0. The first kappa shape index (κ1) is 20.5. The van der Waals surface area contributed by atoms with E-state index in [1.807, 2.05) is 7.05 Å². The first-order chi connectivity index (χ1) is 11.6. The lowest BCUT2D eigenvalue weighted by Crippen LogP contribution is -2.35. The summed E-state index contributed by atoms with van der Waals surface area (Å²) in [5.41, 5.74) is 0.560. The minimum atomic E-state index is -0.347. The van der Waals surface area contributed by atoms with Crippen LogP contribution in [-0.4, -0.2) is 50.5 Å². The number of furan rings is 1. The third-order valence-electron chi connectivity index (χ3n) is 3.32. The summed E-state index contributed by atoms with van der Waals surface area (Å²) in [6.07, 6.45) is 1.44. The third-order valence-corrected chi connectivity index (χ3v) is 3.32. The number of nitrogens with zero attached hydrogens (tertiary/aromatic N) is 1. The number of rotatable bonds is 8. The van der Waals surface area contributed by atoms with Crippen LogP contribution in [0, 0.1) is 0 Å². The van der Waals surface area contributed by atoms with E-state index < -0.39 is 0 Å². The molecule has 0 aliphatic rings. The Hall–Kier alpha value is -2.51. The molecule has 25 heavy (non-hydrogen) atoms. The second kappa shape index (κ2) is 10.4. The van der Waals surface area contributed by atoms with E-state index in [4.69, 9.17) is 9.15 Å². The molecular weight excluding hydrogens is 346 g/mol. The number of halogens is 1. The van der Waals surface area contributed by atoms with Crippen LogP contribution in [0.4, 0.5) is 5.69 Å². The van der Waals surface area contributed by atoms with E-state index >= 15 is 0 Å². The van der Waals surface area contributed by atoms with Gasteiger partial charge < -0.3 is 24.7 Å². The van der Waals surface area contributed by atoms with Gasteiger partial charge in [-0.3, -0.25) is 9.59 Å². The van der Waals surface area contributed by atoms with Crippen molar-refractivity contribution in [3.63, 3.8) is 0 Å². The molecular formula is C17H22ClN3O4. The monoisotopic (exact) mass is 367 g/mol. The second-order valence-corrected chi connectivity index (χ2v) is 5.17. The number of likely N-dealkylation sites (N-methyl/N-ethyl adjacent to an activating group) is 2. The number of nitrogens with one attached hydrogen (secondary N) is 2. The van der Waals surface area contributed by atoms with Gasteiger partial charge in [-0.1, -0.05) is 6.07 Å². The molecule has 0 saturated carbocycles. The highest BCUT2D eigenvalue weighted by atomic mass is 35.5. The van der Waals surface area contributed by atoms with Gasteiger partial charge in [-0.05, 0) is 31.3 Å². The third kappa shape index (κ3) is 6.48. The van der Waals surface area contributed by atoms with Crippen molar-refractivity contribution in [1.29, 1.82) is 0 Å². The van der Waals surface area contributed by atoms with E-state index in [1.54, 1.807) is 48.3 Å². The van der Waals surface area contributed by atoms with Gasteiger partial charge in [0, 0.05) is 31.9 Å². The normalized spacial score (nSPS) is 9.84. The second-order valence-electron chi connectivity index (χ2n) is 5.17. The van der Waals surface area contributed by atoms with Crippen LogP contribution in [0.3, 0.4) is 0 Å². The Labute approximate surface area is 152 Å². The van der Waals surface area contributed by atoms with Gasteiger partial charge in [-0.2, -0.15) is 0 Å². The maximum Gasteiger partial charge on any atom is 0.291 e. The van der Waals surface area contributed by atoms with Crippen LogP contribution in [0.2, 0.25) is 0 Å². The van der Waals surface area contributed by atoms with Crippen molar-refractivity contribution < 1.29 is 18.7 Å². The highest BCUT2D eigenvalue weighted by Gasteiger charge is 2.11. The summed E-state index contributed by atoms with van der Waals surface area (Å²) in [6, 6.07) is 10.1. The number of hydrogen-bond donors (Lipinski definition) is 2. The SMILES string of the molecule is CNCCN(C)C(=O)COc1cccc(NC(=O)c2ccco2)c1.Cl. The average molecular weight is 368 g/mol. The summed E-state index contributed by atoms with van der Waals surface area (Å²) in [7, 11) is 3.56. The van der Waals surface area contributed by atoms with E-state index in [9.17, 15) is 9.59 Å². The molecule has 0 saturated heterocycles.